The van der Waals surface area contributed by atoms with Crippen LogP contribution >= 0.6 is 0 Å². The lowest BCUT2D eigenvalue weighted by Crippen LogP contribution is -2.10. The summed E-state index contributed by atoms with van der Waals surface area (Å²) in [5.74, 6) is 0.972. The molecule has 0 saturated carbocycles. The highest BCUT2D eigenvalue weighted by molar-refractivity contribution is 5.32. The molecule has 0 aliphatic rings. The second kappa shape index (κ2) is 3.56. The molecule has 15 heavy (non-hydrogen) atoms. The van der Waals surface area contributed by atoms with Gasteiger partial charge in [0.05, 0.1) is 18.4 Å². The Labute approximate surface area is 85.9 Å². The molecule has 2 aromatic rings. The van der Waals surface area contributed by atoms with E-state index in [1.165, 1.54) is 6.20 Å². The van der Waals surface area contributed by atoms with E-state index in [9.17, 15) is 0 Å². The fourth-order valence-electron chi connectivity index (χ4n) is 1.33. The highest BCUT2D eigenvalue weighted by Gasteiger charge is 2.08. The van der Waals surface area contributed by atoms with Crippen molar-refractivity contribution in [3.8, 4) is 0 Å². The highest BCUT2D eigenvalue weighted by Crippen LogP contribution is 2.08. The first-order valence-electron chi connectivity index (χ1n) is 4.46. The van der Waals surface area contributed by atoms with Crippen molar-refractivity contribution in [1.82, 2.24) is 30.0 Å². The topological polar surface area (TPSA) is 113 Å². The summed E-state index contributed by atoms with van der Waals surface area (Å²) in [6, 6.07) is 0. The fraction of sp³-hybridized carbons (Fsp3) is 0.429. The molecule has 0 aliphatic heterocycles. The lowest BCUT2D eigenvalue weighted by molar-refractivity contribution is 0.571. The first-order valence-corrected chi connectivity index (χ1v) is 4.46. The molecule has 2 heterocycles. The average Bonchev–Trinajstić information content (AvgIpc) is 2.73. The molecular formula is C7H12N8. The lowest BCUT2D eigenvalue weighted by atomic mass is 10.3. The van der Waals surface area contributed by atoms with Crippen molar-refractivity contribution in [2.75, 3.05) is 11.5 Å². The lowest BCUT2D eigenvalue weighted by Gasteiger charge is -2.03. The van der Waals surface area contributed by atoms with Gasteiger partial charge in [0.25, 0.3) is 0 Å². The molecule has 0 aromatic carbocycles. The van der Waals surface area contributed by atoms with Crippen LogP contribution in [0, 0.1) is 0 Å². The summed E-state index contributed by atoms with van der Waals surface area (Å²) in [5, 5.41) is 15.1. The first kappa shape index (κ1) is 9.44. The summed E-state index contributed by atoms with van der Waals surface area (Å²) in [4.78, 5) is 0. The van der Waals surface area contributed by atoms with Gasteiger partial charge in [0, 0.05) is 13.5 Å². The Morgan fingerprint density at radius 2 is 2.13 bits per heavy atom. The predicted molar refractivity (Wildman–Crippen MR) is 53.6 cm³/mol. The molecule has 0 radical (unpaired) electrons. The van der Waals surface area contributed by atoms with Gasteiger partial charge in [0.15, 0.2) is 5.82 Å². The van der Waals surface area contributed by atoms with Gasteiger partial charge in [0.2, 0.25) is 0 Å². The van der Waals surface area contributed by atoms with Crippen LogP contribution in [0.15, 0.2) is 6.20 Å². The van der Waals surface area contributed by atoms with Crippen molar-refractivity contribution in [3.63, 3.8) is 0 Å². The Kier molecular flexibility index (Phi) is 2.24. The first-order chi connectivity index (χ1) is 7.18. The second-order valence-corrected chi connectivity index (χ2v) is 3.18. The van der Waals surface area contributed by atoms with Crippen LogP contribution in [0.2, 0.25) is 0 Å². The standard InChI is InChI=1S/C7H12N8/c1-14-5(7(9)11-13-14)2-3-15-6(8)4-10-12-15/h4H,2-3,8-9H2,1H3. The zero-order chi connectivity index (χ0) is 10.8. The molecule has 0 unspecified atom stereocenters. The Hall–Kier alpha value is -2.12. The van der Waals surface area contributed by atoms with E-state index >= 15 is 0 Å². The van der Waals surface area contributed by atoms with Crippen LogP contribution in [-0.4, -0.2) is 30.0 Å². The number of rotatable bonds is 3. The Bertz CT molecular complexity index is 436. The normalized spacial score (nSPS) is 10.7. The zero-order valence-electron chi connectivity index (χ0n) is 8.33. The van der Waals surface area contributed by atoms with E-state index in [-0.39, 0.29) is 0 Å². The van der Waals surface area contributed by atoms with Crippen molar-refractivity contribution in [2.24, 2.45) is 7.05 Å². The van der Waals surface area contributed by atoms with Gasteiger partial charge in [-0.05, 0) is 0 Å². The van der Waals surface area contributed by atoms with Gasteiger partial charge in [-0.2, -0.15) is 0 Å². The summed E-state index contributed by atoms with van der Waals surface area (Å²) in [7, 11) is 1.80. The molecule has 0 fully saturated rings. The Morgan fingerprint density at radius 3 is 2.67 bits per heavy atom. The summed E-state index contributed by atoms with van der Waals surface area (Å²) >= 11 is 0. The van der Waals surface area contributed by atoms with Crippen molar-refractivity contribution >= 4 is 11.6 Å². The number of nitrogens with two attached hydrogens (primary N) is 2. The van der Waals surface area contributed by atoms with E-state index < -0.39 is 0 Å². The molecule has 2 aromatic heterocycles. The number of anilines is 2. The molecular weight excluding hydrogens is 196 g/mol. The number of nitrogen functional groups attached to an aromatic ring is 2. The van der Waals surface area contributed by atoms with Gasteiger partial charge >= 0.3 is 0 Å². The minimum Gasteiger partial charge on any atom is -0.383 e. The van der Waals surface area contributed by atoms with Crippen molar-refractivity contribution in [2.45, 2.75) is 13.0 Å². The monoisotopic (exact) mass is 208 g/mol. The zero-order valence-corrected chi connectivity index (χ0v) is 8.33. The van der Waals surface area contributed by atoms with Gasteiger partial charge in [-0.25, -0.2) is 4.68 Å². The van der Waals surface area contributed by atoms with Crippen molar-refractivity contribution in [3.05, 3.63) is 11.9 Å². The average molecular weight is 208 g/mol. The van der Waals surface area contributed by atoms with E-state index in [2.05, 4.69) is 20.6 Å². The SMILES string of the molecule is Cn1nnc(N)c1CCn1nncc1N. The maximum atomic E-state index is 5.65. The van der Waals surface area contributed by atoms with E-state index in [1.807, 2.05) is 0 Å². The van der Waals surface area contributed by atoms with Crippen LogP contribution in [0.5, 0.6) is 0 Å². The molecule has 0 aliphatic carbocycles. The van der Waals surface area contributed by atoms with E-state index in [0.29, 0.717) is 24.6 Å². The molecule has 8 heteroatoms. The largest absolute Gasteiger partial charge is 0.383 e. The molecule has 0 spiro atoms. The number of nitrogens with zero attached hydrogens (tertiary/aromatic N) is 6. The summed E-state index contributed by atoms with van der Waals surface area (Å²) in [6.45, 7) is 0.608. The number of hydrogen-bond donors (Lipinski definition) is 2. The van der Waals surface area contributed by atoms with Gasteiger partial charge in [-0.1, -0.05) is 10.4 Å². The third-order valence-electron chi connectivity index (χ3n) is 2.18. The third-order valence-corrected chi connectivity index (χ3v) is 2.18. The van der Waals surface area contributed by atoms with E-state index in [4.69, 9.17) is 11.5 Å². The minimum atomic E-state index is 0.441. The molecule has 80 valence electrons. The summed E-state index contributed by atoms with van der Waals surface area (Å²) in [6.07, 6.45) is 2.17. The van der Waals surface area contributed by atoms with Crippen LogP contribution in [0.25, 0.3) is 0 Å². The molecule has 0 bridgehead atoms. The summed E-state index contributed by atoms with van der Waals surface area (Å²) in [5.41, 5.74) is 12.1. The summed E-state index contributed by atoms with van der Waals surface area (Å²) < 4.78 is 3.24. The van der Waals surface area contributed by atoms with Crippen LogP contribution in [0.3, 0.4) is 0 Å². The maximum Gasteiger partial charge on any atom is 0.169 e. The van der Waals surface area contributed by atoms with Gasteiger partial charge in [0.1, 0.15) is 5.82 Å². The van der Waals surface area contributed by atoms with Crippen LogP contribution in [0.1, 0.15) is 5.69 Å². The molecule has 0 atom stereocenters. The number of aryl methyl sites for hydroxylation is 2. The quantitative estimate of drug-likeness (QED) is 0.655. The van der Waals surface area contributed by atoms with E-state index in [1.54, 1.807) is 16.4 Å². The van der Waals surface area contributed by atoms with Crippen LogP contribution < -0.4 is 11.5 Å². The maximum absolute atomic E-state index is 5.65. The number of aromatic nitrogens is 6. The molecule has 0 saturated heterocycles. The minimum absolute atomic E-state index is 0.441. The molecule has 8 nitrogen and oxygen atoms in total. The molecule has 0 amide bonds. The van der Waals surface area contributed by atoms with Crippen molar-refractivity contribution in [1.29, 1.82) is 0 Å². The smallest absolute Gasteiger partial charge is 0.169 e. The highest BCUT2D eigenvalue weighted by atomic mass is 15.5. The fourth-order valence-corrected chi connectivity index (χ4v) is 1.33. The Balaban J connectivity index is 2.08. The van der Waals surface area contributed by atoms with Gasteiger partial charge in [-0.15, -0.1) is 10.2 Å². The second-order valence-electron chi connectivity index (χ2n) is 3.18. The van der Waals surface area contributed by atoms with Crippen LogP contribution in [-0.2, 0) is 20.0 Å². The predicted octanol–water partition coefficient (Wildman–Crippen LogP) is -1.19. The molecule has 4 N–H and O–H groups in total. The van der Waals surface area contributed by atoms with Gasteiger partial charge in [-0.3, -0.25) is 4.68 Å². The van der Waals surface area contributed by atoms with Crippen LogP contribution in [0.4, 0.5) is 11.6 Å². The Morgan fingerprint density at radius 1 is 1.33 bits per heavy atom. The van der Waals surface area contributed by atoms with E-state index in [0.717, 1.165) is 5.69 Å². The number of hydrogen-bond acceptors (Lipinski definition) is 6. The molecule has 2 rings (SSSR count). The van der Waals surface area contributed by atoms with Gasteiger partial charge < -0.3 is 11.5 Å². The van der Waals surface area contributed by atoms with Crippen molar-refractivity contribution < 1.29 is 0 Å². The third kappa shape index (κ3) is 1.73.